The Kier molecular flexibility index (Phi) is 2.24. The van der Waals surface area contributed by atoms with Crippen molar-refractivity contribution in [3.8, 4) is 0 Å². The van der Waals surface area contributed by atoms with Crippen LogP contribution in [-0.4, -0.2) is 16.7 Å². The number of anilines is 1. The van der Waals surface area contributed by atoms with Gasteiger partial charge >= 0.3 is 0 Å². The summed E-state index contributed by atoms with van der Waals surface area (Å²) in [7, 11) is 0. The molecule has 1 heterocycles. The number of nitrogens with zero attached hydrogens (tertiary/aromatic N) is 2. The summed E-state index contributed by atoms with van der Waals surface area (Å²) in [5, 5.41) is 13.5. The quantitative estimate of drug-likeness (QED) is 0.797. The average molecular weight is 221 g/mol. The molecule has 0 amide bonds. The highest BCUT2D eigenvalue weighted by molar-refractivity contribution is 7.15. The van der Waals surface area contributed by atoms with Crippen molar-refractivity contribution in [2.75, 3.05) is 11.9 Å². The van der Waals surface area contributed by atoms with Crippen molar-refractivity contribution in [2.24, 2.45) is 17.8 Å². The normalized spacial score (nSPS) is 32.5. The molecule has 0 spiro atoms. The van der Waals surface area contributed by atoms with Crippen LogP contribution in [0.15, 0.2) is 12.2 Å². The van der Waals surface area contributed by atoms with Gasteiger partial charge in [-0.3, -0.25) is 0 Å². The standard InChI is InChI=1S/C11H15N3S/c1-7-13-14-11(15-7)12-6-10-5-8-2-3-9(10)4-8/h2-3,8-10H,4-6H2,1H3,(H,12,14). The summed E-state index contributed by atoms with van der Waals surface area (Å²) in [5.41, 5.74) is 0. The maximum Gasteiger partial charge on any atom is 0.205 e. The van der Waals surface area contributed by atoms with Gasteiger partial charge in [0.2, 0.25) is 5.13 Å². The van der Waals surface area contributed by atoms with Gasteiger partial charge in [-0.05, 0) is 37.5 Å². The molecule has 2 aliphatic rings. The molecule has 0 saturated heterocycles. The molecule has 1 aromatic heterocycles. The van der Waals surface area contributed by atoms with Crippen LogP contribution in [0.4, 0.5) is 5.13 Å². The third kappa shape index (κ3) is 1.78. The smallest absolute Gasteiger partial charge is 0.205 e. The molecular weight excluding hydrogens is 206 g/mol. The Morgan fingerprint density at radius 3 is 2.93 bits per heavy atom. The molecule has 1 fully saturated rings. The first-order valence-corrected chi connectivity index (χ1v) is 6.35. The SMILES string of the molecule is Cc1nnc(NCC2CC3C=CC2C3)s1. The van der Waals surface area contributed by atoms with Gasteiger partial charge in [0.1, 0.15) is 5.01 Å². The number of nitrogens with one attached hydrogen (secondary N) is 1. The predicted octanol–water partition coefficient (Wildman–Crippen LogP) is 2.47. The third-order valence-corrected chi connectivity index (χ3v) is 4.25. The molecule has 1 N–H and O–H groups in total. The first kappa shape index (κ1) is 9.33. The second-order valence-corrected chi connectivity index (χ2v) is 5.73. The Balaban J connectivity index is 1.57. The molecule has 0 aliphatic heterocycles. The first-order chi connectivity index (χ1) is 7.31. The summed E-state index contributed by atoms with van der Waals surface area (Å²) in [5.74, 6) is 2.48. The summed E-state index contributed by atoms with van der Waals surface area (Å²) in [6.45, 7) is 3.04. The van der Waals surface area contributed by atoms with Crippen LogP contribution >= 0.6 is 11.3 Å². The molecule has 3 nitrogen and oxygen atoms in total. The predicted molar refractivity (Wildman–Crippen MR) is 62.0 cm³/mol. The molecule has 15 heavy (non-hydrogen) atoms. The number of allylic oxidation sites excluding steroid dienone is 2. The zero-order valence-corrected chi connectivity index (χ0v) is 9.63. The highest BCUT2D eigenvalue weighted by Gasteiger charge is 2.35. The minimum Gasteiger partial charge on any atom is -0.360 e. The van der Waals surface area contributed by atoms with Crippen molar-refractivity contribution in [2.45, 2.75) is 19.8 Å². The van der Waals surface area contributed by atoms with E-state index in [0.29, 0.717) is 0 Å². The summed E-state index contributed by atoms with van der Waals surface area (Å²) >= 11 is 1.64. The Hall–Kier alpha value is -0.900. The number of aromatic nitrogens is 2. The zero-order valence-electron chi connectivity index (χ0n) is 8.81. The highest BCUT2D eigenvalue weighted by Crippen LogP contribution is 2.43. The molecule has 3 atom stereocenters. The Bertz CT molecular complexity index is 385. The molecule has 80 valence electrons. The van der Waals surface area contributed by atoms with Crippen molar-refractivity contribution in [1.29, 1.82) is 0 Å². The molecule has 2 bridgehead atoms. The van der Waals surface area contributed by atoms with Gasteiger partial charge in [0.25, 0.3) is 0 Å². The second-order valence-electron chi connectivity index (χ2n) is 4.55. The van der Waals surface area contributed by atoms with Crippen LogP contribution in [0.2, 0.25) is 0 Å². The van der Waals surface area contributed by atoms with Gasteiger partial charge in [0.05, 0.1) is 0 Å². The minimum atomic E-state index is 0.809. The van der Waals surface area contributed by atoms with E-state index >= 15 is 0 Å². The summed E-state index contributed by atoms with van der Waals surface area (Å²) in [4.78, 5) is 0. The molecular formula is C11H15N3S. The zero-order chi connectivity index (χ0) is 10.3. The van der Waals surface area contributed by atoms with Crippen LogP contribution < -0.4 is 5.32 Å². The number of hydrogen-bond acceptors (Lipinski definition) is 4. The van der Waals surface area contributed by atoms with Crippen molar-refractivity contribution in [3.63, 3.8) is 0 Å². The third-order valence-electron chi connectivity index (χ3n) is 3.46. The second kappa shape index (κ2) is 3.59. The molecule has 3 rings (SSSR count). The minimum absolute atomic E-state index is 0.809. The molecule has 3 unspecified atom stereocenters. The van der Waals surface area contributed by atoms with E-state index in [4.69, 9.17) is 0 Å². The Morgan fingerprint density at radius 1 is 1.40 bits per heavy atom. The van der Waals surface area contributed by atoms with E-state index < -0.39 is 0 Å². The molecule has 0 radical (unpaired) electrons. The van der Waals surface area contributed by atoms with E-state index in [1.54, 1.807) is 11.3 Å². The van der Waals surface area contributed by atoms with Gasteiger partial charge in [-0.25, -0.2) is 0 Å². The Labute approximate surface area is 93.6 Å². The average Bonchev–Trinajstić information content (AvgIpc) is 2.90. The van der Waals surface area contributed by atoms with Gasteiger partial charge in [0, 0.05) is 6.54 Å². The fourth-order valence-corrected chi connectivity index (χ4v) is 3.31. The summed E-state index contributed by atoms with van der Waals surface area (Å²) in [6.07, 6.45) is 7.51. The topological polar surface area (TPSA) is 37.8 Å². The van der Waals surface area contributed by atoms with E-state index in [-0.39, 0.29) is 0 Å². The molecule has 4 heteroatoms. The van der Waals surface area contributed by atoms with Crippen LogP contribution in [0.5, 0.6) is 0 Å². The van der Waals surface area contributed by atoms with E-state index in [1.807, 2.05) is 6.92 Å². The fourth-order valence-electron chi connectivity index (χ4n) is 2.72. The van der Waals surface area contributed by atoms with E-state index in [9.17, 15) is 0 Å². The van der Waals surface area contributed by atoms with Crippen LogP contribution in [0.1, 0.15) is 17.8 Å². The molecule has 0 aromatic carbocycles. The van der Waals surface area contributed by atoms with Crippen LogP contribution in [0, 0.1) is 24.7 Å². The van der Waals surface area contributed by atoms with Crippen LogP contribution in [0.3, 0.4) is 0 Å². The van der Waals surface area contributed by atoms with Gasteiger partial charge in [-0.1, -0.05) is 23.5 Å². The molecule has 1 aromatic rings. The molecule has 1 saturated carbocycles. The number of rotatable bonds is 3. The molecule has 2 aliphatic carbocycles. The van der Waals surface area contributed by atoms with Crippen molar-refractivity contribution in [3.05, 3.63) is 17.2 Å². The van der Waals surface area contributed by atoms with Crippen LogP contribution in [0.25, 0.3) is 0 Å². The largest absolute Gasteiger partial charge is 0.360 e. The van der Waals surface area contributed by atoms with E-state index in [0.717, 1.165) is 34.4 Å². The van der Waals surface area contributed by atoms with E-state index in [1.165, 1.54) is 12.8 Å². The van der Waals surface area contributed by atoms with Crippen molar-refractivity contribution >= 4 is 16.5 Å². The van der Waals surface area contributed by atoms with Gasteiger partial charge < -0.3 is 5.32 Å². The lowest BCUT2D eigenvalue weighted by atomic mass is 9.94. The summed E-state index contributed by atoms with van der Waals surface area (Å²) in [6, 6.07) is 0. The van der Waals surface area contributed by atoms with Crippen molar-refractivity contribution in [1.82, 2.24) is 10.2 Å². The maximum absolute atomic E-state index is 4.08. The monoisotopic (exact) mass is 221 g/mol. The number of aryl methyl sites for hydroxylation is 1. The first-order valence-electron chi connectivity index (χ1n) is 5.53. The van der Waals surface area contributed by atoms with Gasteiger partial charge in [0.15, 0.2) is 0 Å². The van der Waals surface area contributed by atoms with E-state index in [2.05, 4.69) is 27.7 Å². The fraction of sp³-hybridized carbons (Fsp3) is 0.636. The lowest BCUT2D eigenvalue weighted by molar-refractivity contribution is 0.471. The lowest BCUT2D eigenvalue weighted by Crippen LogP contribution is -2.18. The summed E-state index contributed by atoms with van der Waals surface area (Å²) < 4.78 is 0. The lowest BCUT2D eigenvalue weighted by Gasteiger charge is -2.17. The Morgan fingerprint density at radius 2 is 2.33 bits per heavy atom. The number of fused-ring (bicyclic) bond motifs is 2. The van der Waals surface area contributed by atoms with Gasteiger partial charge in [-0.15, -0.1) is 10.2 Å². The maximum atomic E-state index is 4.08. The number of hydrogen-bond donors (Lipinski definition) is 1. The van der Waals surface area contributed by atoms with Crippen LogP contribution in [-0.2, 0) is 0 Å². The van der Waals surface area contributed by atoms with Crippen molar-refractivity contribution < 1.29 is 0 Å². The highest BCUT2D eigenvalue weighted by atomic mass is 32.1. The van der Waals surface area contributed by atoms with Gasteiger partial charge in [-0.2, -0.15) is 0 Å².